The van der Waals surface area contributed by atoms with Crippen molar-refractivity contribution in [1.29, 1.82) is 0 Å². The number of carbonyl (C=O) groups is 1. The maximum absolute atomic E-state index is 10.6. The third kappa shape index (κ3) is 3.27. The highest BCUT2D eigenvalue weighted by molar-refractivity contribution is 5.73. The van der Waals surface area contributed by atoms with Gasteiger partial charge in [-0.25, -0.2) is 9.97 Å². The second-order valence-corrected chi connectivity index (χ2v) is 4.76. The fraction of sp³-hybridized carbons (Fsp3) is 0.545. The number of hydrogen-bond acceptors (Lipinski definition) is 4. The lowest BCUT2D eigenvalue weighted by Crippen LogP contribution is -2.33. The molecule has 0 aromatic carbocycles. The molecule has 1 unspecified atom stereocenters. The average molecular weight is 223 g/mol. The van der Waals surface area contributed by atoms with Crippen LogP contribution in [-0.4, -0.2) is 27.1 Å². The molecule has 0 saturated heterocycles. The van der Waals surface area contributed by atoms with Crippen molar-refractivity contribution in [3.05, 3.63) is 23.8 Å². The fourth-order valence-corrected chi connectivity index (χ4v) is 1.20. The zero-order valence-electron chi connectivity index (χ0n) is 9.77. The fourth-order valence-electron chi connectivity index (χ4n) is 1.20. The Morgan fingerprint density at radius 2 is 2.19 bits per heavy atom. The van der Waals surface area contributed by atoms with E-state index < -0.39 is 12.0 Å². The van der Waals surface area contributed by atoms with Crippen molar-refractivity contribution in [3.63, 3.8) is 0 Å². The zero-order valence-corrected chi connectivity index (χ0v) is 9.77. The number of nitrogens with two attached hydrogens (primary N) is 1. The van der Waals surface area contributed by atoms with Crippen LogP contribution in [0, 0.1) is 0 Å². The summed E-state index contributed by atoms with van der Waals surface area (Å²) in [5.41, 5.74) is 6.23. The van der Waals surface area contributed by atoms with E-state index in [1.807, 2.05) is 26.8 Å². The van der Waals surface area contributed by atoms with Gasteiger partial charge >= 0.3 is 5.97 Å². The summed E-state index contributed by atoms with van der Waals surface area (Å²) in [6, 6.07) is 0.880. The molecule has 88 valence electrons. The Balaban J connectivity index is 2.87. The van der Waals surface area contributed by atoms with Gasteiger partial charge in [-0.1, -0.05) is 20.8 Å². The lowest BCUT2D eigenvalue weighted by molar-refractivity contribution is -0.138. The van der Waals surface area contributed by atoms with Crippen LogP contribution < -0.4 is 5.73 Å². The number of carboxylic acids is 1. The van der Waals surface area contributed by atoms with Crippen molar-refractivity contribution < 1.29 is 9.90 Å². The molecule has 0 aliphatic rings. The Morgan fingerprint density at radius 3 is 2.69 bits per heavy atom. The van der Waals surface area contributed by atoms with Crippen LogP contribution in [0.25, 0.3) is 0 Å². The van der Waals surface area contributed by atoms with E-state index in [2.05, 4.69) is 9.97 Å². The van der Waals surface area contributed by atoms with Gasteiger partial charge in [-0.2, -0.15) is 0 Å². The molecule has 0 amide bonds. The highest BCUT2D eigenvalue weighted by Crippen LogP contribution is 2.19. The zero-order chi connectivity index (χ0) is 12.3. The van der Waals surface area contributed by atoms with E-state index in [4.69, 9.17) is 10.8 Å². The van der Waals surface area contributed by atoms with E-state index in [0.29, 0.717) is 5.82 Å². The Bertz CT molecular complexity index is 385. The Morgan fingerprint density at radius 1 is 1.56 bits per heavy atom. The van der Waals surface area contributed by atoms with Gasteiger partial charge in [-0.3, -0.25) is 4.79 Å². The van der Waals surface area contributed by atoms with Crippen molar-refractivity contribution in [3.8, 4) is 0 Å². The van der Waals surface area contributed by atoms with Gasteiger partial charge in [0.25, 0.3) is 0 Å². The number of aromatic nitrogens is 2. The van der Waals surface area contributed by atoms with Crippen molar-refractivity contribution in [2.75, 3.05) is 0 Å². The summed E-state index contributed by atoms with van der Waals surface area (Å²) in [4.78, 5) is 18.9. The first-order valence-electron chi connectivity index (χ1n) is 5.11. The van der Waals surface area contributed by atoms with Crippen molar-refractivity contribution in [2.45, 2.75) is 38.6 Å². The van der Waals surface area contributed by atoms with Gasteiger partial charge in [0, 0.05) is 23.7 Å². The van der Waals surface area contributed by atoms with Gasteiger partial charge in [0.15, 0.2) is 0 Å². The summed E-state index contributed by atoms with van der Waals surface area (Å²) < 4.78 is 0. The molecule has 5 nitrogen and oxygen atoms in total. The smallest absolute Gasteiger partial charge is 0.320 e. The first-order valence-corrected chi connectivity index (χ1v) is 5.11. The van der Waals surface area contributed by atoms with Gasteiger partial charge < -0.3 is 10.8 Å². The van der Waals surface area contributed by atoms with Gasteiger partial charge in [0.05, 0.1) is 0 Å². The van der Waals surface area contributed by atoms with Crippen molar-refractivity contribution in [2.24, 2.45) is 5.73 Å². The molecule has 0 aliphatic carbocycles. The molecule has 0 fully saturated rings. The molecule has 1 aromatic heterocycles. The molecule has 0 spiro atoms. The van der Waals surface area contributed by atoms with Gasteiger partial charge in [-0.15, -0.1) is 0 Å². The molecule has 3 N–H and O–H groups in total. The van der Waals surface area contributed by atoms with E-state index in [1.54, 1.807) is 6.20 Å². The maximum atomic E-state index is 10.6. The van der Waals surface area contributed by atoms with Crippen LogP contribution in [-0.2, 0) is 16.6 Å². The molecular formula is C11H17N3O2. The molecule has 0 bridgehead atoms. The molecule has 0 radical (unpaired) electrons. The summed E-state index contributed by atoms with van der Waals surface area (Å²) in [7, 11) is 0. The number of carboxylic acid groups (broad SMARTS) is 1. The highest BCUT2D eigenvalue weighted by atomic mass is 16.4. The van der Waals surface area contributed by atoms with Crippen LogP contribution in [0.4, 0.5) is 0 Å². The largest absolute Gasteiger partial charge is 0.480 e. The Labute approximate surface area is 94.7 Å². The molecule has 16 heavy (non-hydrogen) atoms. The molecular weight excluding hydrogens is 206 g/mol. The lowest BCUT2D eigenvalue weighted by Gasteiger charge is -2.18. The maximum Gasteiger partial charge on any atom is 0.320 e. The molecule has 5 heteroatoms. The van der Waals surface area contributed by atoms with Crippen LogP contribution in [0.2, 0.25) is 0 Å². The minimum absolute atomic E-state index is 0.0784. The average Bonchev–Trinajstić information content (AvgIpc) is 2.16. The minimum atomic E-state index is -1.04. The topological polar surface area (TPSA) is 89.1 Å². The number of nitrogens with zero attached hydrogens (tertiary/aromatic N) is 2. The van der Waals surface area contributed by atoms with Crippen LogP contribution in [0.1, 0.15) is 32.3 Å². The second-order valence-electron chi connectivity index (χ2n) is 4.76. The van der Waals surface area contributed by atoms with Gasteiger partial charge in [0.2, 0.25) is 0 Å². The standard InChI is InChI=1S/C11H17N3O2/c1-11(2,3)8-4-5-13-9(14-8)6-7(12)10(15)16/h4-5,7H,6,12H2,1-3H3,(H,15,16). The summed E-state index contributed by atoms with van der Waals surface area (Å²) >= 11 is 0. The highest BCUT2D eigenvalue weighted by Gasteiger charge is 2.18. The third-order valence-corrected chi connectivity index (χ3v) is 2.19. The number of hydrogen-bond donors (Lipinski definition) is 2. The summed E-state index contributed by atoms with van der Waals surface area (Å²) in [6.07, 6.45) is 1.79. The molecule has 1 atom stereocenters. The lowest BCUT2D eigenvalue weighted by atomic mass is 9.92. The van der Waals surface area contributed by atoms with Crippen LogP contribution in [0.5, 0.6) is 0 Å². The van der Waals surface area contributed by atoms with E-state index in [-0.39, 0.29) is 11.8 Å². The Hall–Kier alpha value is -1.49. The van der Waals surface area contributed by atoms with E-state index in [9.17, 15) is 4.79 Å². The van der Waals surface area contributed by atoms with Gasteiger partial charge in [-0.05, 0) is 6.07 Å². The normalized spacial score (nSPS) is 13.5. The van der Waals surface area contributed by atoms with E-state index >= 15 is 0 Å². The Kier molecular flexibility index (Phi) is 3.59. The first-order chi connectivity index (χ1) is 7.30. The summed E-state index contributed by atoms with van der Waals surface area (Å²) in [5, 5.41) is 8.69. The molecule has 1 rings (SSSR count). The predicted molar refractivity (Wildman–Crippen MR) is 60.0 cm³/mol. The quantitative estimate of drug-likeness (QED) is 0.788. The molecule has 0 aliphatic heterocycles. The van der Waals surface area contributed by atoms with E-state index in [1.165, 1.54) is 0 Å². The monoisotopic (exact) mass is 223 g/mol. The molecule has 0 saturated carbocycles. The number of rotatable bonds is 3. The number of aliphatic carboxylic acids is 1. The molecule has 1 aromatic rings. The van der Waals surface area contributed by atoms with Gasteiger partial charge in [0.1, 0.15) is 11.9 Å². The van der Waals surface area contributed by atoms with Crippen LogP contribution >= 0.6 is 0 Å². The first kappa shape index (κ1) is 12.6. The third-order valence-electron chi connectivity index (χ3n) is 2.19. The van der Waals surface area contributed by atoms with Crippen LogP contribution in [0.3, 0.4) is 0 Å². The SMILES string of the molecule is CC(C)(C)c1ccnc(CC(N)C(=O)O)n1. The predicted octanol–water partition coefficient (Wildman–Crippen LogP) is 0.728. The van der Waals surface area contributed by atoms with Crippen LogP contribution in [0.15, 0.2) is 12.3 Å². The van der Waals surface area contributed by atoms with Crippen molar-refractivity contribution in [1.82, 2.24) is 9.97 Å². The van der Waals surface area contributed by atoms with Crippen molar-refractivity contribution >= 4 is 5.97 Å². The summed E-state index contributed by atoms with van der Waals surface area (Å²) in [6.45, 7) is 6.11. The van der Waals surface area contributed by atoms with E-state index in [0.717, 1.165) is 5.69 Å². The summed E-state index contributed by atoms with van der Waals surface area (Å²) in [5.74, 6) is -0.563. The molecule has 1 heterocycles. The second kappa shape index (κ2) is 4.57. The minimum Gasteiger partial charge on any atom is -0.480 e.